The molecule has 0 amide bonds. The first kappa shape index (κ1) is 14.0. The first-order chi connectivity index (χ1) is 8.78. The molecule has 2 rings (SSSR count). The van der Waals surface area contributed by atoms with Crippen LogP contribution in [-0.4, -0.2) is 29.5 Å². The van der Waals surface area contributed by atoms with Crippen LogP contribution in [0.15, 0.2) is 5.38 Å². The van der Waals surface area contributed by atoms with Crippen LogP contribution in [0.5, 0.6) is 0 Å². The van der Waals surface area contributed by atoms with Crippen LogP contribution in [0.4, 0.5) is 0 Å². The quantitative estimate of drug-likeness (QED) is 0.889. The summed E-state index contributed by atoms with van der Waals surface area (Å²) in [7, 11) is 0. The van der Waals surface area contributed by atoms with Gasteiger partial charge in [-0.25, -0.2) is 4.98 Å². The molecule has 0 aliphatic carbocycles. The third-order valence-electron chi connectivity index (χ3n) is 3.62. The Morgan fingerprint density at radius 3 is 3.17 bits per heavy atom. The normalized spacial score (nSPS) is 22.0. The van der Waals surface area contributed by atoms with E-state index in [1.54, 1.807) is 11.3 Å². The van der Waals surface area contributed by atoms with Crippen molar-refractivity contribution in [3.05, 3.63) is 16.1 Å². The second-order valence-corrected chi connectivity index (χ2v) is 6.27. The van der Waals surface area contributed by atoms with Gasteiger partial charge < -0.3 is 5.32 Å². The van der Waals surface area contributed by atoms with E-state index in [1.807, 2.05) is 0 Å². The standard InChI is InChI=1S/C14H25N3S/c1-3-15-9-14-16-13(11-18-14)10-17-7-4-5-12(2)6-8-17/h11-12,15H,3-10H2,1-2H3. The van der Waals surface area contributed by atoms with Crippen molar-refractivity contribution in [3.8, 4) is 0 Å². The van der Waals surface area contributed by atoms with E-state index < -0.39 is 0 Å². The number of hydrogen-bond acceptors (Lipinski definition) is 4. The predicted octanol–water partition coefficient (Wildman–Crippen LogP) is 2.87. The van der Waals surface area contributed by atoms with E-state index in [9.17, 15) is 0 Å². The van der Waals surface area contributed by atoms with Gasteiger partial charge >= 0.3 is 0 Å². The Labute approximate surface area is 115 Å². The fourth-order valence-corrected chi connectivity index (χ4v) is 3.20. The molecule has 0 saturated carbocycles. The molecule has 1 aliphatic heterocycles. The average Bonchev–Trinajstić information content (AvgIpc) is 2.70. The van der Waals surface area contributed by atoms with Crippen molar-refractivity contribution in [2.45, 2.75) is 46.2 Å². The minimum absolute atomic E-state index is 0.898. The maximum absolute atomic E-state index is 4.71. The zero-order chi connectivity index (χ0) is 12.8. The summed E-state index contributed by atoms with van der Waals surface area (Å²) in [6, 6.07) is 0. The van der Waals surface area contributed by atoms with Crippen molar-refractivity contribution in [3.63, 3.8) is 0 Å². The topological polar surface area (TPSA) is 28.2 Å². The number of thiazole rings is 1. The van der Waals surface area contributed by atoms with Crippen molar-refractivity contribution in [1.29, 1.82) is 0 Å². The van der Waals surface area contributed by atoms with E-state index in [1.165, 1.54) is 43.1 Å². The Morgan fingerprint density at radius 2 is 2.33 bits per heavy atom. The summed E-state index contributed by atoms with van der Waals surface area (Å²) in [5.74, 6) is 0.898. The van der Waals surface area contributed by atoms with Crippen LogP contribution in [0.2, 0.25) is 0 Å². The Balaban J connectivity index is 1.82. The monoisotopic (exact) mass is 267 g/mol. The molecular weight excluding hydrogens is 242 g/mol. The zero-order valence-electron chi connectivity index (χ0n) is 11.6. The van der Waals surface area contributed by atoms with Crippen LogP contribution in [0, 0.1) is 5.92 Å². The molecule has 1 aromatic rings. The number of likely N-dealkylation sites (tertiary alicyclic amines) is 1. The largest absolute Gasteiger partial charge is 0.311 e. The lowest BCUT2D eigenvalue weighted by Crippen LogP contribution is -2.24. The molecule has 0 bridgehead atoms. The highest BCUT2D eigenvalue weighted by atomic mass is 32.1. The zero-order valence-corrected chi connectivity index (χ0v) is 12.4. The molecule has 1 atom stereocenters. The molecule has 1 N–H and O–H groups in total. The molecule has 0 aromatic carbocycles. The Kier molecular flexibility index (Phi) is 5.60. The maximum Gasteiger partial charge on any atom is 0.107 e. The first-order valence-corrected chi connectivity index (χ1v) is 8.02. The average molecular weight is 267 g/mol. The summed E-state index contributed by atoms with van der Waals surface area (Å²) in [6.45, 7) is 9.95. The van der Waals surface area contributed by atoms with Gasteiger partial charge in [0.1, 0.15) is 5.01 Å². The summed E-state index contributed by atoms with van der Waals surface area (Å²) >= 11 is 1.78. The molecule has 1 fully saturated rings. The van der Waals surface area contributed by atoms with Gasteiger partial charge in [0.25, 0.3) is 0 Å². The van der Waals surface area contributed by atoms with E-state index in [-0.39, 0.29) is 0 Å². The molecule has 1 aliphatic rings. The van der Waals surface area contributed by atoms with Crippen LogP contribution >= 0.6 is 11.3 Å². The molecule has 18 heavy (non-hydrogen) atoms. The van der Waals surface area contributed by atoms with Gasteiger partial charge in [0.2, 0.25) is 0 Å². The smallest absolute Gasteiger partial charge is 0.107 e. The molecule has 2 heterocycles. The summed E-state index contributed by atoms with van der Waals surface area (Å²) < 4.78 is 0. The second-order valence-electron chi connectivity index (χ2n) is 5.33. The van der Waals surface area contributed by atoms with Crippen LogP contribution < -0.4 is 5.32 Å². The number of nitrogens with one attached hydrogen (secondary N) is 1. The van der Waals surface area contributed by atoms with Crippen LogP contribution in [0.3, 0.4) is 0 Å². The minimum Gasteiger partial charge on any atom is -0.311 e. The number of nitrogens with zero attached hydrogens (tertiary/aromatic N) is 2. The third kappa shape index (κ3) is 4.34. The van der Waals surface area contributed by atoms with Gasteiger partial charge in [-0.05, 0) is 44.8 Å². The highest BCUT2D eigenvalue weighted by Gasteiger charge is 2.14. The summed E-state index contributed by atoms with van der Waals surface area (Å²) in [6.07, 6.45) is 4.07. The molecule has 1 saturated heterocycles. The summed E-state index contributed by atoms with van der Waals surface area (Å²) in [4.78, 5) is 7.27. The highest BCUT2D eigenvalue weighted by Crippen LogP contribution is 2.19. The highest BCUT2D eigenvalue weighted by molar-refractivity contribution is 7.09. The molecular formula is C14H25N3S. The van der Waals surface area contributed by atoms with Gasteiger partial charge in [0.15, 0.2) is 0 Å². The molecule has 0 spiro atoms. The van der Waals surface area contributed by atoms with Crippen molar-refractivity contribution in [1.82, 2.24) is 15.2 Å². The van der Waals surface area contributed by atoms with E-state index in [0.717, 1.165) is 25.6 Å². The lowest BCUT2D eigenvalue weighted by atomic mass is 10.0. The van der Waals surface area contributed by atoms with Crippen molar-refractivity contribution in [2.24, 2.45) is 5.92 Å². The summed E-state index contributed by atoms with van der Waals surface area (Å²) in [5, 5.41) is 6.77. The second kappa shape index (κ2) is 7.22. The lowest BCUT2D eigenvalue weighted by molar-refractivity contribution is 0.271. The van der Waals surface area contributed by atoms with Crippen LogP contribution in [0.1, 0.15) is 43.8 Å². The Hall–Kier alpha value is -0.450. The number of rotatable bonds is 5. The van der Waals surface area contributed by atoms with Crippen LogP contribution in [0.25, 0.3) is 0 Å². The molecule has 4 heteroatoms. The lowest BCUT2D eigenvalue weighted by Gasteiger charge is -2.18. The van der Waals surface area contributed by atoms with E-state index in [2.05, 4.69) is 29.4 Å². The maximum atomic E-state index is 4.71. The first-order valence-electron chi connectivity index (χ1n) is 7.14. The van der Waals surface area contributed by atoms with Gasteiger partial charge in [-0.3, -0.25) is 4.90 Å². The van der Waals surface area contributed by atoms with E-state index >= 15 is 0 Å². The van der Waals surface area contributed by atoms with Crippen molar-refractivity contribution >= 4 is 11.3 Å². The number of hydrogen-bond donors (Lipinski definition) is 1. The molecule has 1 unspecified atom stereocenters. The van der Waals surface area contributed by atoms with Crippen molar-refractivity contribution < 1.29 is 0 Å². The van der Waals surface area contributed by atoms with Gasteiger partial charge in [0, 0.05) is 18.5 Å². The Morgan fingerprint density at radius 1 is 1.44 bits per heavy atom. The van der Waals surface area contributed by atoms with Gasteiger partial charge in [-0.15, -0.1) is 11.3 Å². The van der Waals surface area contributed by atoms with Gasteiger partial charge in [0.05, 0.1) is 5.69 Å². The molecule has 3 nitrogen and oxygen atoms in total. The number of aromatic nitrogens is 1. The fraction of sp³-hybridized carbons (Fsp3) is 0.786. The predicted molar refractivity (Wildman–Crippen MR) is 77.8 cm³/mol. The molecule has 102 valence electrons. The van der Waals surface area contributed by atoms with Crippen molar-refractivity contribution in [2.75, 3.05) is 19.6 Å². The van der Waals surface area contributed by atoms with Gasteiger partial charge in [-0.1, -0.05) is 13.8 Å². The SMILES string of the molecule is CCNCc1nc(CN2CCCC(C)CC2)cs1. The van der Waals surface area contributed by atoms with Crippen LogP contribution in [-0.2, 0) is 13.1 Å². The molecule has 0 radical (unpaired) electrons. The van der Waals surface area contributed by atoms with E-state index in [0.29, 0.717) is 0 Å². The summed E-state index contributed by atoms with van der Waals surface area (Å²) in [5.41, 5.74) is 1.25. The fourth-order valence-electron chi connectivity index (χ4n) is 2.44. The minimum atomic E-state index is 0.898. The third-order valence-corrected chi connectivity index (χ3v) is 4.52. The molecule has 1 aromatic heterocycles. The Bertz CT molecular complexity index is 351. The van der Waals surface area contributed by atoms with E-state index in [4.69, 9.17) is 4.98 Å². The van der Waals surface area contributed by atoms with Gasteiger partial charge in [-0.2, -0.15) is 0 Å².